The van der Waals surface area contributed by atoms with Gasteiger partial charge in [-0.05, 0) is 43.7 Å². The summed E-state index contributed by atoms with van der Waals surface area (Å²) >= 11 is 0. The quantitative estimate of drug-likeness (QED) is 0.0484. The topological polar surface area (TPSA) is 331 Å². The Hall–Kier alpha value is -5.38. The van der Waals surface area contributed by atoms with Crippen LogP contribution in [0.2, 0.25) is 0 Å². The molecule has 0 bridgehead atoms. The van der Waals surface area contributed by atoms with Crippen molar-refractivity contribution < 1.29 is 46.7 Å². The molecular weight excluding hydrogens is 921 g/mol. The summed E-state index contributed by atoms with van der Waals surface area (Å²) in [5.41, 5.74) is 14.2. The number of aliphatic hydroxyl groups excluding tert-OH is 4. The Kier molecular flexibility index (Phi) is 17.8. The van der Waals surface area contributed by atoms with E-state index >= 15 is 0 Å². The van der Waals surface area contributed by atoms with Gasteiger partial charge in [0, 0.05) is 25.9 Å². The maximum atomic E-state index is 12.6. The summed E-state index contributed by atoms with van der Waals surface area (Å²) in [6.45, 7) is 5.72. The van der Waals surface area contributed by atoms with Crippen molar-refractivity contribution in [1.82, 2.24) is 48.5 Å². The molecule has 0 unspecified atom stereocenters. The standard InChI is InChI=1S/C25H32N6O5S.C19H28N6O5S/c1-3-4-5-6-7-8-9-19-29-23(26)20-24(30-19)31(15-27-20)25-22(33)21(32)18(36-25)14-28-37(34,35)17-12-10-16(2)11-13-17;1-3-4-5-6-7-8-9-13-23-17(20)14-18(24-13)25(11-21-14)19-16(27)15(26)12(30-19)10-22-31(2,28)29/h10-13,15,18,21-22,25,28,32-33H,3-7,14H2,1-2H3,(H2,26,29,30);11-12,15-16,19,22,26-27H,3-7,10H2,1-2H3,(H2,20,23,24)/t18-,21-,22-,25-;12-,15-,16-,19-/m11/s1. The van der Waals surface area contributed by atoms with Crippen molar-refractivity contribution in [2.24, 2.45) is 0 Å². The Morgan fingerprint density at radius 1 is 0.647 bits per heavy atom. The number of aliphatic hydroxyl groups is 4. The van der Waals surface area contributed by atoms with Gasteiger partial charge in [0.05, 0.1) is 23.8 Å². The van der Waals surface area contributed by atoms with E-state index in [0.717, 1.165) is 63.2 Å². The first-order chi connectivity index (χ1) is 32.4. The van der Waals surface area contributed by atoms with Crippen LogP contribution in [0.5, 0.6) is 0 Å². The molecule has 2 aliphatic rings. The third kappa shape index (κ3) is 13.0. The van der Waals surface area contributed by atoms with Crippen molar-refractivity contribution in [2.45, 2.75) is 139 Å². The monoisotopic (exact) mass is 980 g/mol. The van der Waals surface area contributed by atoms with Gasteiger partial charge in [0.15, 0.2) is 35.4 Å². The van der Waals surface area contributed by atoms with E-state index in [-0.39, 0.29) is 41.3 Å². The number of aryl methyl sites for hydroxylation is 1. The summed E-state index contributed by atoms with van der Waals surface area (Å²) in [5, 5.41) is 42.1. The number of fused-ring (bicyclic) bond motifs is 2. The molecule has 1 aromatic carbocycles. The summed E-state index contributed by atoms with van der Waals surface area (Å²) in [6, 6.07) is 6.37. The number of aromatic nitrogens is 8. The predicted octanol–water partition coefficient (Wildman–Crippen LogP) is 1.54. The van der Waals surface area contributed by atoms with E-state index in [1.165, 1.54) is 46.8 Å². The number of nitrogens with zero attached hydrogens (tertiary/aromatic N) is 8. The lowest BCUT2D eigenvalue weighted by molar-refractivity contribution is -0.0330. The molecule has 0 saturated carbocycles. The zero-order valence-corrected chi connectivity index (χ0v) is 40.0. The smallest absolute Gasteiger partial charge is 0.240 e. The van der Waals surface area contributed by atoms with Crippen LogP contribution in [-0.4, -0.2) is 132 Å². The summed E-state index contributed by atoms with van der Waals surface area (Å²) in [7, 11) is -7.31. The van der Waals surface area contributed by atoms with E-state index in [9.17, 15) is 37.3 Å². The molecule has 8 atom stereocenters. The normalized spacial score (nSPS) is 22.6. The predicted molar refractivity (Wildman–Crippen MR) is 252 cm³/mol. The number of hydrogen-bond donors (Lipinski definition) is 8. The van der Waals surface area contributed by atoms with Gasteiger partial charge in [-0.3, -0.25) is 9.13 Å². The molecule has 2 fully saturated rings. The molecule has 24 heteroatoms. The van der Waals surface area contributed by atoms with E-state index in [4.69, 9.17) is 20.9 Å². The van der Waals surface area contributed by atoms with E-state index in [1.54, 1.807) is 12.1 Å². The lowest BCUT2D eigenvalue weighted by Gasteiger charge is -2.16. The fourth-order valence-electron chi connectivity index (χ4n) is 7.41. The van der Waals surface area contributed by atoms with Gasteiger partial charge in [0.2, 0.25) is 31.7 Å². The Labute approximate surface area is 395 Å². The van der Waals surface area contributed by atoms with Crippen molar-refractivity contribution >= 4 is 54.0 Å². The van der Waals surface area contributed by atoms with Crippen LogP contribution in [0.1, 0.15) is 108 Å². The van der Waals surface area contributed by atoms with Crippen molar-refractivity contribution in [1.29, 1.82) is 0 Å². The van der Waals surface area contributed by atoms with Crippen LogP contribution >= 0.6 is 0 Å². The van der Waals surface area contributed by atoms with Crippen LogP contribution < -0.4 is 20.9 Å². The largest absolute Gasteiger partial charge is 0.387 e. The van der Waals surface area contributed by atoms with E-state index in [2.05, 4.69) is 76.9 Å². The van der Waals surface area contributed by atoms with Crippen LogP contribution in [-0.2, 0) is 29.5 Å². The van der Waals surface area contributed by atoms with Crippen LogP contribution in [0.4, 0.5) is 11.6 Å². The van der Waals surface area contributed by atoms with Crippen molar-refractivity contribution in [3.63, 3.8) is 0 Å². The second-order valence-corrected chi connectivity index (χ2v) is 20.2. The highest BCUT2D eigenvalue weighted by molar-refractivity contribution is 7.89. The summed E-state index contributed by atoms with van der Waals surface area (Å²) in [6.07, 6.45) is 4.66. The Morgan fingerprint density at radius 2 is 1.09 bits per heavy atom. The molecule has 368 valence electrons. The minimum absolute atomic E-state index is 0.0921. The van der Waals surface area contributed by atoms with Gasteiger partial charge in [0.25, 0.3) is 0 Å². The van der Waals surface area contributed by atoms with Gasteiger partial charge in [-0.1, -0.05) is 81.9 Å². The first-order valence-electron chi connectivity index (χ1n) is 22.4. The molecule has 4 aromatic heterocycles. The Bertz CT molecular complexity index is 2860. The fourth-order valence-corrected chi connectivity index (χ4v) is 8.92. The number of anilines is 2. The van der Waals surface area contributed by atoms with Crippen molar-refractivity contribution in [3.8, 4) is 23.7 Å². The molecule has 68 heavy (non-hydrogen) atoms. The average molecular weight is 981 g/mol. The highest BCUT2D eigenvalue weighted by Gasteiger charge is 2.46. The van der Waals surface area contributed by atoms with Crippen LogP contribution in [0, 0.1) is 30.6 Å². The Balaban J connectivity index is 0.000000228. The molecule has 0 amide bonds. The van der Waals surface area contributed by atoms with Gasteiger partial charge in [0.1, 0.15) is 47.7 Å². The molecular formula is C44H60N12O10S2. The zero-order chi connectivity index (χ0) is 49.2. The maximum Gasteiger partial charge on any atom is 0.240 e. The zero-order valence-electron chi connectivity index (χ0n) is 38.4. The number of imidazole rings is 2. The molecule has 0 aliphatic carbocycles. The minimum atomic E-state index is -3.83. The second-order valence-electron chi connectivity index (χ2n) is 16.6. The number of unbranched alkanes of at least 4 members (excludes halogenated alkanes) is 8. The minimum Gasteiger partial charge on any atom is -0.387 e. The molecule has 2 aliphatic heterocycles. The molecule has 6 heterocycles. The Morgan fingerprint density at radius 3 is 1.51 bits per heavy atom. The SMILES string of the molecule is CCCCCCC#Cc1nc(N)c2ncn([C@@H]3O[C@H](CNS(=O)(=O)c4ccc(C)cc4)[C@@H](O)[C@H]3O)c2n1.CCCCCCC#Cc1nc(N)c2ncn([C@@H]3O[C@H](CNS(C)(=O)=O)[C@@H](O)[C@H]3O)c2n1. The third-order valence-electron chi connectivity index (χ3n) is 11.2. The first-order valence-corrected chi connectivity index (χ1v) is 25.8. The average Bonchev–Trinajstić information content (AvgIpc) is 4.06. The summed E-state index contributed by atoms with van der Waals surface area (Å²) in [5.74, 6) is 12.7. The number of nitrogen functional groups attached to an aromatic ring is 2. The molecule has 10 N–H and O–H groups in total. The molecule has 22 nitrogen and oxygen atoms in total. The van der Waals surface area contributed by atoms with E-state index in [1.807, 2.05) is 6.92 Å². The molecule has 2 saturated heterocycles. The summed E-state index contributed by atoms with van der Waals surface area (Å²) in [4.78, 5) is 25.7. The summed E-state index contributed by atoms with van der Waals surface area (Å²) < 4.78 is 67.1. The fraction of sp³-hybridized carbons (Fsp3) is 0.545. The van der Waals surface area contributed by atoms with Crippen LogP contribution in [0.15, 0.2) is 41.8 Å². The van der Waals surface area contributed by atoms with E-state index in [0.29, 0.717) is 22.3 Å². The molecule has 0 radical (unpaired) electrons. The van der Waals surface area contributed by atoms with Gasteiger partial charge < -0.3 is 41.4 Å². The van der Waals surface area contributed by atoms with Crippen molar-refractivity contribution in [3.05, 3.63) is 54.1 Å². The number of benzene rings is 1. The molecule has 0 spiro atoms. The number of hydrogen-bond acceptors (Lipinski definition) is 18. The van der Waals surface area contributed by atoms with Gasteiger partial charge in [-0.15, -0.1) is 0 Å². The number of ether oxygens (including phenoxy) is 2. The van der Waals surface area contributed by atoms with Crippen LogP contribution in [0.3, 0.4) is 0 Å². The van der Waals surface area contributed by atoms with Gasteiger partial charge in [-0.2, -0.15) is 0 Å². The number of rotatable bonds is 17. The van der Waals surface area contributed by atoms with E-state index < -0.39 is 69.1 Å². The highest BCUT2D eigenvalue weighted by atomic mass is 32.2. The second kappa shape index (κ2) is 23.3. The number of sulfonamides is 2. The van der Waals surface area contributed by atoms with Gasteiger partial charge in [-0.25, -0.2) is 56.2 Å². The highest BCUT2D eigenvalue weighted by Crippen LogP contribution is 2.34. The lowest BCUT2D eigenvalue weighted by Crippen LogP contribution is -2.39. The molecule has 5 aromatic rings. The van der Waals surface area contributed by atoms with Crippen molar-refractivity contribution in [2.75, 3.05) is 30.8 Å². The van der Waals surface area contributed by atoms with Crippen LogP contribution in [0.25, 0.3) is 22.3 Å². The number of nitrogens with one attached hydrogen (secondary N) is 2. The third-order valence-corrected chi connectivity index (χ3v) is 13.3. The lowest BCUT2D eigenvalue weighted by atomic mass is 10.1. The maximum absolute atomic E-state index is 12.6. The molecule has 7 rings (SSSR count). The van der Waals surface area contributed by atoms with Gasteiger partial charge >= 0.3 is 0 Å². The first kappa shape index (κ1) is 52.0. The number of nitrogens with two attached hydrogens (primary N) is 2.